The van der Waals surface area contributed by atoms with Crippen LogP contribution in [0.15, 0.2) is 65.0 Å². The van der Waals surface area contributed by atoms with E-state index in [0.29, 0.717) is 43.2 Å². The smallest absolute Gasteiger partial charge is 0.334 e. The normalized spacial score (nSPS) is 25.0. The third kappa shape index (κ3) is 6.87. The molecule has 10 nitrogen and oxygen atoms in total. The van der Waals surface area contributed by atoms with Gasteiger partial charge in [-0.3, -0.25) is 9.69 Å². The van der Waals surface area contributed by atoms with Crippen molar-refractivity contribution in [1.82, 2.24) is 20.0 Å². The van der Waals surface area contributed by atoms with E-state index in [0.717, 1.165) is 31.5 Å². The Bertz CT molecular complexity index is 1620. The number of amides is 1. The zero-order chi connectivity index (χ0) is 34.1. The number of halogens is 2. The Balaban J connectivity index is 1.28. The summed E-state index contributed by atoms with van der Waals surface area (Å²) in [5, 5.41) is 34.4. The summed E-state index contributed by atoms with van der Waals surface area (Å²) in [4.78, 5) is 46.6. The minimum Gasteiger partial charge on any atom is -0.478 e. The van der Waals surface area contributed by atoms with E-state index < -0.39 is 17.9 Å². The van der Waals surface area contributed by atoms with Crippen LogP contribution in [-0.2, 0) is 27.4 Å². The highest BCUT2D eigenvalue weighted by Gasteiger charge is 2.43. The maximum Gasteiger partial charge on any atom is 0.334 e. The van der Waals surface area contributed by atoms with Gasteiger partial charge in [-0.15, -0.1) is 0 Å². The van der Waals surface area contributed by atoms with E-state index in [2.05, 4.69) is 22.2 Å². The number of nitrogens with zero attached hydrogens (tertiary/aromatic N) is 3. The second kappa shape index (κ2) is 14.6. The number of fused-ring (bicyclic) bond motifs is 2. The fourth-order valence-corrected chi connectivity index (χ4v) is 8.84. The van der Waals surface area contributed by atoms with Crippen LogP contribution in [0.25, 0.3) is 0 Å². The number of piperidine rings is 1. The highest BCUT2D eigenvalue weighted by atomic mass is 35.5. The van der Waals surface area contributed by atoms with Gasteiger partial charge in [-0.2, -0.15) is 0 Å². The first kappa shape index (κ1) is 34.5. The molecule has 3 fully saturated rings. The monoisotopic (exact) mass is 696 g/mol. The van der Waals surface area contributed by atoms with Crippen molar-refractivity contribution in [2.24, 2.45) is 0 Å². The number of aliphatic hydroxyl groups is 1. The fourth-order valence-electron chi connectivity index (χ4n) is 8.22. The first-order chi connectivity index (χ1) is 23.1. The number of carboxylic acids is 2. The fraction of sp³-hybridized carbons (Fsp3) is 0.472. The number of nitrogens with one attached hydrogen (secondary N) is 1. The van der Waals surface area contributed by atoms with Gasteiger partial charge >= 0.3 is 11.9 Å². The molecule has 0 aromatic heterocycles. The van der Waals surface area contributed by atoms with Crippen molar-refractivity contribution >= 4 is 41.0 Å². The molecular formula is C36H42Cl2N4O6. The number of aliphatic hydroxyl groups excluding tert-OH is 1. The third-order valence-corrected chi connectivity index (χ3v) is 11.5. The summed E-state index contributed by atoms with van der Waals surface area (Å²) >= 11 is 13.2. The van der Waals surface area contributed by atoms with Crippen molar-refractivity contribution in [3.8, 4) is 0 Å². The van der Waals surface area contributed by atoms with Crippen LogP contribution >= 0.6 is 23.2 Å². The Hall–Kier alpha value is -3.41. The molecule has 4 N–H and O–H groups in total. The highest BCUT2D eigenvalue weighted by molar-refractivity contribution is 6.36. The van der Waals surface area contributed by atoms with Crippen LogP contribution in [0, 0.1) is 0 Å². The summed E-state index contributed by atoms with van der Waals surface area (Å²) in [5.41, 5.74) is 1.63. The summed E-state index contributed by atoms with van der Waals surface area (Å²) in [6, 6.07) is 13.8. The number of benzene rings is 2. The van der Waals surface area contributed by atoms with Gasteiger partial charge in [0.1, 0.15) is 0 Å². The summed E-state index contributed by atoms with van der Waals surface area (Å²) in [6.07, 6.45) is 5.09. The maximum absolute atomic E-state index is 13.9. The molecule has 3 saturated heterocycles. The number of rotatable bonds is 10. The Morgan fingerprint density at radius 2 is 1.38 bits per heavy atom. The van der Waals surface area contributed by atoms with E-state index in [4.69, 9.17) is 23.2 Å². The molecule has 4 aliphatic heterocycles. The average Bonchev–Trinajstić information content (AvgIpc) is 3.25. The number of dihydropyridines is 1. The summed E-state index contributed by atoms with van der Waals surface area (Å²) in [5.74, 6) is -4.25. The van der Waals surface area contributed by atoms with E-state index in [1.165, 1.54) is 12.8 Å². The Morgan fingerprint density at radius 1 is 0.792 bits per heavy atom. The molecule has 3 atom stereocenters. The predicted molar refractivity (Wildman–Crippen MR) is 183 cm³/mol. The van der Waals surface area contributed by atoms with Gasteiger partial charge < -0.3 is 30.4 Å². The molecule has 2 aromatic rings. The van der Waals surface area contributed by atoms with E-state index in [1.54, 1.807) is 29.2 Å². The molecule has 256 valence electrons. The minimum atomic E-state index is -1.36. The number of aliphatic carboxylic acids is 2. The lowest BCUT2D eigenvalue weighted by Crippen LogP contribution is -2.56. The molecule has 2 aromatic carbocycles. The zero-order valence-electron chi connectivity index (χ0n) is 27.0. The van der Waals surface area contributed by atoms with Crippen LogP contribution in [0.3, 0.4) is 0 Å². The standard InChI is InChI=1S/C36H42Cl2N4O6/c1-40-23-10-11-24(40)18-25(17-23)41-13-15-42(16-14-41)30(44)19-29-33(36(47)48)34(31-26(37)7-4-8-27(31)38)32(35(45)46)28(39-29)12-9-21-5-2-3-6-22(21)20-43/h2-8,23-25,34,39,43H,9-20H2,1H3,(H,45,46)(H,47,48). The van der Waals surface area contributed by atoms with Crippen LogP contribution in [-0.4, -0.2) is 99.2 Å². The van der Waals surface area contributed by atoms with Gasteiger partial charge in [-0.25, -0.2) is 9.59 Å². The van der Waals surface area contributed by atoms with Crippen molar-refractivity contribution in [2.45, 2.75) is 75.6 Å². The topological polar surface area (TPSA) is 134 Å². The maximum atomic E-state index is 13.9. The number of hydrogen-bond donors (Lipinski definition) is 4. The first-order valence-electron chi connectivity index (χ1n) is 16.6. The van der Waals surface area contributed by atoms with Crippen molar-refractivity contribution in [3.05, 3.63) is 91.7 Å². The molecule has 3 unspecified atom stereocenters. The molecule has 4 heterocycles. The second-order valence-electron chi connectivity index (χ2n) is 13.3. The number of allylic oxidation sites excluding steroid dienone is 1. The zero-order valence-corrected chi connectivity index (χ0v) is 28.5. The molecular weight excluding hydrogens is 655 g/mol. The lowest BCUT2D eigenvalue weighted by molar-refractivity contribution is -0.133. The lowest BCUT2D eigenvalue weighted by Gasteiger charge is -2.45. The first-order valence-corrected chi connectivity index (χ1v) is 17.4. The van der Waals surface area contributed by atoms with Gasteiger partial charge in [0, 0.05) is 71.3 Å². The molecule has 0 spiro atoms. The largest absolute Gasteiger partial charge is 0.478 e. The number of carboxylic acid groups (broad SMARTS) is 2. The molecule has 48 heavy (non-hydrogen) atoms. The summed E-state index contributed by atoms with van der Waals surface area (Å²) in [6.45, 7) is 2.41. The number of carbonyl (C=O) groups excluding carboxylic acids is 1. The number of aryl methyl sites for hydroxylation is 1. The van der Waals surface area contributed by atoms with Crippen LogP contribution in [0.2, 0.25) is 10.0 Å². The average molecular weight is 698 g/mol. The van der Waals surface area contributed by atoms with Gasteiger partial charge in [-0.05, 0) is 68.8 Å². The lowest BCUT2D eigenvalue weighted by atomic mass is 9.78. The molecule has 0 aliphatic carbocycles. The van der Waals surface area contributed by atoms with Crippen molar-refractivity contribution in [1.29, 1.82) is 0 Å². The van der Waals surface area contributed by atoms with Crippen LogP contribution < -0.4 is 5.32 Å². The molecule has 6 rings (SSSR count). The number of hydrogen-bond acceptors (Lipinski definition) is 7. The Kier molecular flexibility index (Phi) is 10.5. The van der Waals surface area contributed by atoms with E-state index in [1.807, 2.05) is 18.2 Å². The molecule has 2 bridgehead atoms. The minimum absolute atomic E-state index is 0.123. The third-order valence-electron chi connectivity index (χ3n) is 10.8. The number of carbonyl (C=O) groups is 3. The highest BCUT2D eigenvalue weighted by Crippen LogP contribution is 2.45. The Labute approximate surface area is 290 Å². The van der Waals surface area contributed by atoms with Crippen LogP contribution in [0.1, 0.15) is 61.1 Å². The van der Waals surface area contributed by atoms with Crippen molar-refractivity contribution < 1.29 is 29.7 Å². The number of piperazine rings is 1. The summed E-state index contributed by atoms with van der Waals surface area (Å²) < 4.78 is 0. The van der Waals surface area contributed by atoms with Gasteiger partial charge in [0.15, 0.2) is 0 Å². The van der Waals surface area contributed by atoms with Gasteiger partial charge in [0.25, 0.3) is 0 Å². The molecule has 1 amide bonds. The second-order valence-corrected chi connectivity index (χ2v) is 14.1. The van der Waals surface area contributed by atoms with E-state index >= 15 is 0 Å². The van der Waals surface area contributed by atoms with Crippen LogP contribution in [0.5, 0.6) is 0 Å². The van der Waals surface area contributed by atoms with E-state index in [-0.39, 0.29) is 63.5 Å². The molecule has 0 saturated carbocycles. The van der Waals surface area contributed by atoms with Crippen LogP contribution in [0.4, 0.5) is 0 Å². The summed E-state index contributed by atoms with van der Waals surface area (Å²) in [7, 11) is 2.23. The van der Waals surface area contributed by atoms with Crippen molar-refractivity contribution in [3.63, 3.8) is 0 Å². The van der Waals surface area contributed by atoms with Gasteiger partial charge in [-0.1, -0.05) is 53.5 Å². The quantitative estimate of drug-likeness (QED) is 0.280. The predicted octanol–water partition coefficient (Wildman–Crippen LogP) is 4.64. The van der Waals surface area contributed by atoms with Gasteiger partial charge in [0.2, 0.25) is 5.91 Å². The SMILES string of the molecule is CN1C2CCC1CC(N1CCN(C(=O)CC3=C(C(=O)O)C(c4c(Cl)cccc4Cl)C(C(=O)O)=C(CCc4ccccc4CO)N3)CC1)C2. The van der Waals surface area contributed by atoms with E-state index in [9.17, 15) is 29.7 Å². The molecule has 0 radical (unpaired) electrons. The molecule has 12 heteroatoms. The van der Waals surface area contributed by atoms with Crippen molar-refractivity contribution in [2.75, 3.05) is 33.2 Å². The molecule has 4 aliphatic rings. The van der Waals surface area contributed by atoms with Gasteiger partial charge in [0.05, 0.1) is 30.1 Å². The Morgan fingerprint density at radius 3 is 1.96 bits per heavy atom.